The molecule has 1 heterocycles. The maximum atomic E-state index is 12.1. The van der Waals surface area contributed by atoms with E-state index in [1.807, 2.05) is 24.3 Å². The number of hydrogen-bond donors (Lipinski definition) is 2. The lowest BCUT2D eigenvalue weighted by Gasteiger charge is -2.07. The molecule has 0 saturated carbocycles. The van der Waals surface area contributed by atoms with Crippen LogP contribution in [0, 0.1) is 0 Å². The van der Waals surface area contributed by atoms with Crippen LogP contribution in [0.5, 0.6) is 5.75 Å². The number of rotatable bonds is 6. The zero-order chi connectivity index (χ0) is 18.5. The predicted molar refractivity (Wildman–Crippen MR) is 107 cm³/mol. The van der Waals surface area contributed by atoms with Crippen LogP contribution in [0.25, 0.3) is 11.4 Å². The van der Waals surface area contributed by atoms with Crippen LogP contribution in [0.4, 0.5) is 5.69 Å². The molecular formula is C17H14BrClN4O2S. The number of aromatic nitrogens is 3. The lowest BCUT2D eigenvalue weighted by Crippen LogP contribution is -2.14. The second kappa shape index (κ2) is 8.57. The van der Waals surface area contributed by atoms with Crippen molar-refractivity contribution in [1.29, 1.82) is 0 Å². The van der Waals surface area contributed by atoms with E-state index in [1.54, 1.807) is 18.2 Å². The highest BCUT2D eigenvalue weighted by molar-refractivity contribution is 9.10. The van der Waals surface area contributed by atoms with E-state index in [9.17, 15) is 4.79 Å². The number of anilines is 1. The van der Waals surface area contributed by atoms with Crippen molar-refractivity contribution in [2.75, 3.05) is 18.2 Å². The van der Waals surface area contributed by atoms with Gasteiger partial charge in [0.15, 0.2) is 5.82 Å². The molecule has 0 radical (unpaired) electrons. The fourth-order valence-electron chi connectivity index (χ4n) is 2.16. The second-order valence-electron chi connectivity index (χ2n) is 5.13. The Hall–Kier alpha value is -2.03. The van der Waals surface area contributed by atoms with Gasteiger partial charge in [-0.25, -0.2) is 4.98 Å². The third kappa shape index (κ3) is 4.57. The highest BCUT2D eigenvalue weighted by atomic mass is 79.9. The summed E-state index contributed by atoms with van der Waals surface area (Å²) in [4.78, 5) is 16.5. The van der Waals surface area contributed by atoms with Crippen LogP contribution >= 0.6 is 39.3 Å². The van der Waals surface area contributed by atoms with Crippen molar-refractivity contribution >= 4 is 50.9 Å². The molecule has 26 heavy (non-hydrogen) atoms. The van der Waals surface area contributed by atoms with E-state index in [2.05, 4.69) is 36.4 Å². The summed E-state index contributed by atoms with van der Waals surface area (Å²) in [6.07, 6.45) is 0. The van der Waals surface area contributed by atoms with E-state index in [0.717, 1.165) is 10.0 Å². The molecule has 0 aliphatic carbocycles. The van der Waals surface area contributed by atoms with E-state index >= 15 is 0 Å². The fourth-order valence-corrected chi connectivity index (χ4v) is 3.48. The summed E-state index contributed by atoms with van der Waals surface area (Å²) < 4.78 is 6.00. The van der Waals surface area contributed by atoms with Crippen molar-refractivity contribution in [3.05, 3.63) is 52.0 Å². The van der Waals surface area contributed by atoms with E-state index in [1.165, 1.54) is 18.9 Å². The van der Waals surface area contributed by atoms with Crippen molar-refractivity contribution < 1.29 is 9.53 Å². The van der Waals surface area contributed by atoms with Gasteiger partial charge in [-0.1, -0.05) is 57.5 Å². The van der Waals surface area contributed by atoms with Gasteiger partial charge in [0.2, 0.25) is 11.1 Å². The van der Waals surface area contributed by atoms with Gasteiger partial charge < -0.3 is 10.1 Å². The fraction of sp³-hybridized carbons (Fsp3) is 0.118. The van der Waals surface area contributed by atoms with Gasteiger partial charge >= 0.3 is 0 Å². The summed E-state index contributed by atoms with van der Waals surface area (Å²) in [6, 6.07) is 12.8. The number of H-pyrrole nitrogens is 1. The number of methoxy groups -OCH3 is 1. The maximum Gasteiger partial charge on any atom is 0.234 e. The normalized spacial score (nSPS) is 10.6. The third-order valence-electron chi connectivity index (χ3n) is 3.36. The topological polar surface area (TPSA) is 79.9 Å². The Morgan fingerprint density at radius 2 is 2.15 bits per heavy atom. The number of amides is 1. The summed E-state index contributed by atoms with van der Waals surface area (Å²) >= 11 is 10.8. The summed E-state index contributed by atoms with van der Waals surface area (Å²) in [5.41, 5.74) is 1.51. The molecule has 0 spiro atoms. The number of nitrogens with one attached hydrogen (secondary N) is 2. The van der Waals surface area contributed by atoms with Gasteiger partial charge in [0.05, 0.1) is 17.9 Å². The zero-order valence-corrected chi connectivity index (χ0v) is 16.8. The molecule has 3 aromatic rings. The van der Waals surface area contributed by atoms with Gasteiger partial charge in [-0.05, 0) is 24.3 Å². The average Bonchev–Trinajstić information content (AvgIpc) is 3.09. The molecule has 3 rings (SSSR count). The number of carbonyl (C=O) groups excluding carboxylic acids is 1. The first-order valence-electron chi connectivity index (χ1n) is 7.50. The minimum atomic E-state index is -0.177. The molecule has 1 amide bonds. The van der Waals surface area contributed by atoms with Crippen molar-refractivity contribution in [2.24, 2.45) is 0 Å². The van der Waals surface area contributed by atoms with Gasteiger partial charge in [-0.3, -0.25) is 9.89 Å². The van der Waals surface area contributed by atoms with E-state index in [-0.39, 0.29) is 11.7 Å². The Morgan fingerprint density at radius 3 is 2.88 bits per heavy atom. The Kier molecular flexibility index (Phi) is 6.18. The molecule has 0 aliphatic rings. The van der Waals surface area contributed by atoms with Gasteiger partial charge in [0.1, 0.15) is 5.75 Å². The molecule has 0 fully saturated rings. The van der Waals surface area contributed by atoms with Gasteiger partial charge in [0.25, 0.3) is 0 Å². The number of thioether (sulfide) groups is 1. The van der Waals surface area contributed by atoms with Crippen molar-refractivity contribution in [1.82, 2.24) is 15.2 Å². The average molecular weight is 454 g/mol. The molecule has 1 aromatic heterocycles. The van der Waals surface area contributed by atoms with Gasteiger partial charge in [-0.15, -0.1) is 5.10 Å². The molecule has 0 aliphatic heterocycles. The monoisotopic (exact) mass is 452 g/mol. The minimum Gasteiger partial charge on any atom is -0.495 e. The molecule has 2 aromatic carbocycles. The Morgan fingerprint density at radius 1 is 1.35 bits per heavy atom. The van der Waals surface area contributed by atoms with Crippen LogP contribution in [0.3, 0.4) is 0 Å². The van der Waals surface area contributed by atoms with Crippen LogP contribution in [0.15, 0.2) is 52.1 Å². The Balaban J connectivity index is 1.58. The highest BCUT2D eigenvalue weighted by Gasteiger charge is 2.11. The van der Waals surface area contributed by atoms with E-state index in [0.29, 0.717) is 27.4 Å². The molecular weight excluding hydrogens is 440 g/mol. The molecule has 9 heteroatoms. The van der Waals surface area contributed by atoms with Crippen molar-refractivity contribution in [3.8, 4) is 17.1 Å². The van der Waals surface area contributed by atoms with Crippen LogP contribution < -0.4 is 10.1 Å². The summed E-state index contributed by atoms with van der Waals surface area (Å²) in [5.74, 6) is 1.20. The maximum absolute atomic E-state index is 12.1. The zero-order valence-electron chi connectivity index (χ0n) is 13.6. The molecule has 0 bridgehead atoms. The molecule has 0 unspecified atom stereocenters. The molecule has 134 valence electrons. The molecule has 0 atom stereocenters. The highest BCUT2D eigenvalue weighted by Crippen LogP contribution is 2.28. The first kappa shape index (κ1) is 18.8. The molecule has 6 nitrogen and oxygen atoms in total. The number of nitrogens with zero attached hydrogens (tertiary/aromatic N) is 2. The Labute approximate surface area is 167 Å². The molecule has 2 N–H and O–H groups in total. The van der Waals surface area contributed by atoms with Crippen LogP contribution in [0.1, 0.15) is 0 Å². The van der Waals surface area contributed by atoms with Crippen LogP contribution in [0.2, 0.25) is 5.02 Å². The first-order valence-corrected chi connectivity index (χ1v) is 9.66. The molecule has 0 saturated heterocycles. The summed E-state index contributed by atoms with van der Waals surface area (Å²) in [6.45, 7) is 0. The SMILES string of the molecule is COc1ccc(NC(=O)CSc2n[nH]c(-c3ccccc3Br)n2)cc1Cl. The van der Waals surface area contributed by atoms with Crippen molar-refractivity contribution in [3.63, 3.8) is 0 Å². The number of ether oxygens (including phenoxy) is 1. The number of benzene rings is 2. The quantitative estimate of drug-likeness (QED) is 0.532. The second-order valence-corrected chi connectivity index (χ2v) is 7.34. The Bertz CT molecular complexity index is 935. The van der Waals surface area contributed by atoms with E-state index < -0.39 is 0 Å². The number of halogens is 2. The largest absolute Gasteiger partial charge is 0.495 e. The standard InChI is InChI=1S/C17H14BrClN4O2S/c1-25-14-7-6-10(8-13(14)19)20-15(24)9-26-17-21-16(22-23-17)11-4-2-3-5-12(11)18/h2-8H,9H2,1H3,(H,20,24)(H,21,22,23). The van der Waals surface area contributed by atoms with E-state index in [4.69, 9.17) is 16.3 Å². The summed E-state index contributed by atoms with van der Waals surface area (Å²) in [7, 11) is 1.54. The van der Waals surface area contributed by atoms with Gasteiger partial charge in [-0.2, -0.15) is 0 Å². The number of aromatic amines is 1. The lowest BCUT2D eigenvalue weighted by molar-refractivity contribution is -0.113. The number of carbonyl (C=O) groups is 1. The minimum absolute atomic E-state index is 0.177. The number of hydrogen-bond acceptors (Lipinski definition) is 5. The summed E-state index contributed by atoms with van der Waals surface area (Å²) in [5, 5.41) is 10.7. The third-order valence-corrected chi connectivity index (χ3v) is 5.20. The van der Waals surface area contributed by atoms with Crippen LogP contribution in [-0.2, 0) is 4.79 Å². The predicted octanol–water partition coefficient (Wildman–Crippen LogP) is 4.63. The van der Waals surface area contributed by atoms with Gasteiger partial charge in [0, 0.05) is 15.7 Å². The lowest BCUT2D eigenvalue weighted by atomic mass is 10.2. The smallest absolute Gasteiger partial charge is 0.234 e. The van der Waals surface area contributed by atoms with Crippen LogP contribution in [-0.4, -0.2) is 34.0 Å². The first-order chi connectivity index (χ1) is 12.6. The van der Waals surface area contributed by atoms with Crippen molar-refractivity contribution in [2.45, 2.75) is 5.16 Å².